The molecule has 4 nitrogen and oxygen atoms in total. The number of nitrogens with zero attached hydrogens (tertiary/aromatic N) is 2. The third kappa shape index (κ3) is 3.04. The van der Waals surface area contributed by atoms with Crippen LogP contribution in [0.3, 0.4) is 0 Å². The van der Waals surface area contributed by atoms with Crippen molar-refractivity contribution in [3.63, 3.8) is 0 Å². The van der Waals surface area contributed by atoms with Crippen LogP contribution >= 0.6 is 15.9 Å². The number of benzene rings is 1. The molecule has 96 valence electrons. The van der Waals surface area contributed by atoms with E-state index in [2.05, 4.69) is 21.2 Å². The average Bonchev–Trinajstić information content (AvgIpc) is 2.73. The summed E-state index contributed by atoms with van der Waals surface area (Å²) in [5, 5.41) is 3.29. The molecule has 0 aliphatic rings. The molecule has 1 heterocycles. The zero-order valence-electron chi connectivity index (χ0n) is 10.3. The Labute approximate surface area is 114 Å². The van der Waals surface area contributed by atoms with E-state index < -0.39 is 0 Å². The van der Waals surface area contributed by atoms with Gasteiger partial charge in [-0.25, -0.2) is 4.79 Å². The summed E-state index contributed by atoms with van der Waals surface area (Å²) in [6, 6.07) is 7.98. The van der Waals surface area contributed by atoms with Crippen molar-refractivity contribution in [1.82, 2.24) is 9.13 Å². The molecule has 0 saturated heterocycles. The number of nitrogens with one attached hydrogen (secondary N) is 1. The summed E-state index contributed by atoms with van der Waals surface area (Å²) in [6.07, 6.45) is 3.65. The van der Waals surface area contributed by atoms with Gasteiger partial charge >= 0.3 is 5.69 Å². The van der Waals surface area contributed by atoms with Gasteiger partial charge in [0.05, 0.1) is 0 Å². The van der Waals surface area contributed by atoms with Crippen molar-refractivity contribution < 1.29 is 0 Å². The van der Waals surface area contributed by atoms with Gasteiger partial charge in [0.1, 0.15) is 0 Å². The lowest BCUT2D eigenvalue weighted by Gasteiger charge is -2.06. The molecule has 0 aliphatic heterocycles. The minimum Gasteiger partial charge on any atom is -0.383 e. The van der Waals surface area contributed by atoms with Crippen LogP contribution in [0.2, 0.25) is 0 Å². The predicted octanol–water partition coefficient (Wildman–Crippen LogP) is 2.54. The molecule has 0 atom stereocenters. The van der Waals surface area contributed by atoms with Crippen molar-refractivity contribution in [2.24, 2.45) is 0 Å². The fourth-order valence-electron chi connectivity index (χ4n) is 1.75. The van der Waals surface area contributed by atoms with E-state index >= 15 is 0 Å². The van der Waals surface area contributed by atoms with Crippen molar-refractivity contribution >= 4 is 21.6 Å². The number of aryl methyl sites for hydroxylation is 1. The maximum absolute atomic E-state index is 11.8. The predicted molar refractivity (Wildman–Crippen MR) is 77.0 cm³/mol. The number of anilines is 1. The van der Waals surface area contributed by atoms with E-state index in [1.54, 1.807) is 9.13 Å². The van der Waals surface area contributed by atoms with E-state index in [9.17, 15) is 4.79 Å². The summed E-state index contributed by atoms with van der Waals surface area (Å²) in [5.41, 5.74) is 1.11. The van der Waals surface area contributed by atoms with Gasteiger partial charge in [-0.05, 0) is 31.2 Å². The molecule has 18 heavy (non-hydrogen) atoms. The summed E-state index contributed by atoms with van der Waals surface area (Å²) in [5.74, 6) is 0. The summed E-state index contributed by atoms with van der Waals surface area (Å²) < 4.78 is 4.47. The molecule has 2 rings (SSSR count). The Morgan fingerprint density at radius 2 is 1.83 bits per heavy atom. The van der Waals surface area contributed by atoms with E-state index in [0.29, 0.717) is 13.1 Å². The van der Waals surface area contributed by atoms with Gasteiger partial charge in [-0.3, -0.25) is 9.13 Å². The third-order valence-electron chi connectivity index (χ3n) is 2.78. The number of imidazole rings is 1. The Bertz CT molecular complexity index is 556. The van der Waals surface area contributed by atoms with Gasteiger partial charge in [0.25, 0.3) is 0 Å². The lowest BCUT2D eigenvalue weighted by atomic mass is 10.3. The number of halogens is 1. The second kappa shape index (κ2) is 5.91. The number of hydrogen-bond acceptors (Lipinski definition) is 2. The van der Waals surface area contributed by atoms with Crippen LogP contribution in [0.5, 0.6) is 0 Å². The Morgan fingerprint density at radius 1 is 1.17 bits per heavy atom. The molecule has 5 heteroatoms. The molecular weight excluding hydrogens is 294 g/mol. The molecular formula is C13H16BrN3O. The van der Waals surface area contributed by atoms with Gasteiger partial charge in [0, 0.05) is 42.2 Å². The van der Waals surface area contributed by atoms with Crippen molar-refractivity contribution in [3.05, 3.63) is 51.6 Å². The van der Waals surface area contributed by atoms with Crippen molar-refractivity contribution in [2.45, 2.75) is 20.0 Å². The smallest absolute Gasteiger partial charge is 0.328 e. The Morgan fingerprint density at radius 3 is 2.44 bits per heavy atom. The van der Waals surface area contributed by atoms with Gasteiger partial charge in [-0.2, -0.15) is 0 Å². The molecule has 0 fully saturated rings. The van der Waals surface area contributed by atoms with Crippen LogP contribution in [-0.2, 0) is 13.1 Å². The molecule has 0 unspecified atom stereocenters. The van der Waals surface area contributed by atoms with Gasteiger partial charge in [-0.1, -0.05) is 15.9 Å². The van der Waals surface area contributed by atoms with E-state index in [-0.39, 0.29) is 5.69 Å². The SMILES string of the molecule is CCn1ccn(CCNc2ccc(Br)cc2)c1=O. The number of aromatic nitrogens is 2. The fraction of sp³-hybridized carbons (Fsp3) is 0.308. The highest BCUT2D eigenvalue weighted by Crippen LogP contribution is 2.13. The van der Waals surface area contributed by atoms with E-state index in [4.69, 9.17) is 0 Å². The first-order chi connectivity index (χ1) is 8.70. The Balaban J connectivity index is 1.90. The van der Waals surface area contributed by atoms with Crippen molar-refractivity contribution in [2.75, 3.05) is 11.9 Å². The quantitative estimate of drug-likeness (QED) is 0.922. The van der Waals surface area contributed by atoms with Crippen LogP contribution in [0, 0.1) is 0 Å². The summed E-state index contributed by atoms with van der Waals surface area (Å²) in [7, 11) is 0. The molecule has 0 bridgehead atoms. The second-order valence-electron chi connectivity index (χ2n) is 3.99. The van der Waals surface area contributed by atoms with E-state index in [0.717, 1.165) is 16.7 Å². The molecule has 2 aromatic rings. The van der Waals surface area contributed by atoms with E-state index in [1.165, 1.54) is 0 Å². The summed E-state index contributed by atoms with van der Waals surface area (Å²) in [6.45, 7) is 4.08. The van der Waals surface area contributed by atoms with Crippen LogP contribution in [0.1, 0.15) is 6.92 Å². The van der Waals surface area contributed by atoms with Crippen LogP contribution in [-0.4, -0.2) is 15.7 Å². The fourth-order valence-corrected chi connectivity index (χ4v) is 2.02. The molecule has 1 aromatic carbocycles. The Kier molecular flexibility index (Phi) is 4.25. The van der Waals surface area contributed by atoms with Crippen LogP contribution in [0.25, 0.3) is 0 Å². The summed E-state index contributed by atoms with van der Waals surface area (Å²) in [4.78, 5) is 11.8. The minimum atomic E-state index is 0.0510. The topological polar surface area (TPSA) is 39.0 Å². The highest BCUT2D eigenvalue weighted by molar-refractivity contribution is 9.10. The molecule has 1 N–H and O–H groups in total. The molecule has 0 radical (unpaired) electrons. The van der Waals surface area contributed by atoms with E-state index in [1.807, 2.05) is 43.6 Å². The minimum absolute atomic E-state index is 0.0510. The first-order valence-corrected chi connectivity index (χ1v) is 6.75. The first kappa shape index (κ1) is 13.0. The largest absolute Gasteiger partial charge is 0.383 e. The van der Waals surface area contributed by atoms with Gasteiger partial charge in [0.15, 0.2) is 0 Å². The maximum Gasteiger partial charge on any atom is 0.328 e. The first-order valence-electron chi connectivity index (χ1n) is 5.95. The lowest BCUT2D eigenvalue weighted by molar-refractivity contribution is 0.642. The Hall–Kier alpha value is -1.49. The number of hydrogen-bond donors (Lipinski definition) is 1. The van der Waals surface area contributed by atoms with Crippen LogP contribution in [0.15, 0.2) is 45.9 Å². The third-order valence-corrected chi connectivity index (χ3v) is 3.31. The van der Waals surface area contributed by atoms with Crippen LogP contribution in [0.4, 0.5) is 5.69 Å². The normalized spacial score (nSPS) is 10.6. The van der Waals surface area contributed by atoms with Gasteiger partial charge in [0.2, 0.25) is 0 Å². The lowest BCUT2D eigenvalue weighted by Crippen LogP contribution is -2.25. The molecule has 1 aromatic heterocycles. The zero-order valence-corrected chi connectivity index (χ0v) is 11.9. The molecule has 0 saturated carbocycles. The average molecular weight is 310 g/mol. The molecule has 0 aliphatic carbocycles. The van der Waals surface area contributed by atoms with Crippen LogP contribution < -0.4 is 11.0 Å². The highest BCUT2D eigenvalue weighted by Gasteiger charge is 2.00. The van der Waals surface area contributed by atoms with Gasteiger partial charge in [-0.15, -0.1) is 0 Å². The number of rotatable bonds is 5. The standard InChI is InChI=1S/C13H16BrN3O/c1-2-16-9-10-17(13(16)18)8-7-15-12-5-3-11(14)4-6-12/h3-6,9-10,15H,2,7-8H2,1H3. The zero-order chi connectivity index (χ0) is 13.0. The monoisotopic (exact) mass is 309 g/mol. The maximum atomic E-state index is 11.8. The molecule has 0 spiro atoms. The molecule has 0 amide bonds. The highest BCUT2D eigenvalue weighted by atomic mass is 79.9. The van der Waals surface area contributed by atoms with Crippen molar-refractivity contribution in [1.29, 1.82) is 0 Å². The van der Waals surface area contributed by atoms with Crippen molar-refractivity contribution in [3.8, 4) is 0 Å². The van der Waals surface area contributed by atoms with Gasteiger partial charge < -0.3 is 5.32 Å². The second-order valence-corrected chi connectivity index (χ2v) is 4.91. The summed E-state index contributed by atoms with van der Waals surface area (Å²) >= 11 is 3.39.